The van der Waals surface area contributed by atoms with Crippen molar-refractivity contribution in [2.24, 2.45) is 0 Å². The van der Waals surface area contributed by atoms with Gasteiger partial charge in [0.2, 0.25) is 0 Å². The zero-order valence-corrected chi connectivity index (χ0v) is 11.3. The lowest BCUT2D eigenvalue weighted by molar-refractivity contribution is -0.384. The highest BCUT2D eigenvalue weighted by molar-refractivity contribution is 6.68. The van der Waals surface area contributed by atoms with Crippen LogP contribution in [-0.2, 0) is 0 Å². The van der Waals surface area contributed by atoms with E-state index in [2.05, 4.69) is 5.10 Å². The van der Waals surface area contributed by atoms with Crippen molar-refractivity contribution in [3.63, 3.8) is 0 Å². The summed E-state index contributed by atoms with van der Waals surface area (Å²) in [6.07, 6.45) is 0. The Labute approximate surface area is 123 Å². The quantitative estimate of drug-likeness (QED) is 0.422. The number of halogens is 1. The van der Waals surface area contributed by atoms with Gasteiger partial charge in [-0.1, -0.05) is 18.2 Å². The van der Waals surface area contributed by atoms with Gasteiger partial charge in [-0.2, -0.15) is 5.10 Å². The maximum Gasteiger partial charge on any atom is 0.273 e. The molecule has 0 atom stereocenters. The molecule has 3 aromatic rings. The summed E-state index contributed by atoms with van der Waals surface area (Å²) in [5.74, 6) is 0. The molecule has 0 radical (unpaired) electrons. The Morgan fingerprint density at radius 3 is 2.52 bits per heavy atom. The molecular weight excluding hydrogens is 294 g/mol. The summed E-state index contributed by atoms with van der Waals surface area (Å²) in [6.45, 7) is 0. The monoisotopic (exact) mass is 301 g/mol. The van der Waals surface area contributed by atoms with Crippen LogP contribution in [-0.4, -0.2) is 19.9 Å². The number of carbonyl (C=O) groups excluding carboxylic acids is 1. The molecule has 104 valence electrons. The minimum absolute atomic E-state index is 0.0745. The van der Waals surface area contributed by atoms with E-state index in [9.17, 15) is 14.9 Å². The van der Waals surface area contributed by atoms with Gasteiger partial charge in [0.1, 0.15) is 0 Å². The van der Waals surface area contributed by atoms with Gasteiger partial charge in [0, 0.05) is 17.5 Å². The van der Waals surface area contributed by atoms with Crippen LogP contribution >= 0.6 is 11.6 Å². The Kier molecular flexibility index (Phi) is 3.15. The number of hydrogen-bond acceptors (Lipinski definition) is 4. The Morgan fingerprint density at radius 2 is 1.90 bits per heavy atom. The van der Waals surface area contributed by atoms with Crippen LogP contribution in [0.25, 0.3) is 16.6 Å². The number of non-ortho nitro benzene ring substituents is 1. The molecule has 0 saturated carbocycles. The van der Waals surface area contributed by atoms with Crippen LogP contribution in [0, 0.1) is 10.1 Å². The molecule has 0 unspecified atom stereocenters. The van der Waals surface area contributed by atoms with E-state index in [0.29, 0.717) is 16.6 Å². The summed E-state index contributed by atoms with van der Waals surface area (Å²) in [5.41, 5.74) is 1.14. The second-order valence-corrected chi connectivity index (χ2v) is 4.67. The molecular formula is C14H8ClN3O3. The molecule has 21 heavy (non-hydrogen) atoms. The summed E-state index contributed by atoms with van der Waals surface area (Å²) < 4.78 is 1.47. The number of para-hydroxylation sites is 1. The van der Waals surface area contributed by atoms with E-state index in [1.807, 2.05) is 18.2 Å². The van der Waals surface area contributed by atoms with Crippen molar-refractivity contribution in [3.8, 4) is 5.69 Å². The summed E-state index contributed by atoms with van der Waals surface area (Å²) in [7, 11) is 0. The molecule has 6 nitrogen and oxygen atoms in total. The van der Waals surface area contributed by atoms with Crippen molar-refractivity contribution in [2.75, 3.05) is 0 Å². The number of fused-ring (bicyclic) bond motifs is 1. The third kappa shape index (κ3) is 2.25. The summed E-state index contributed by atoms with van der Waals surface area (Å²) in [4.78, 5) is 21.9. The molecule has 7 heteroatoms. The fourth-order valence-corrected chi connectivity index (χ4v) is 2.27. The first-order valence-corrected chi connectivity index (χ1v) is 6.38. The van der Waals surface area contributed by atoms with Crippen molar-refractivity contribution in [1.29, 1.82) is 0 Å². The van der Waals surface area contributed by atoms with E-state index in [1.54, 1.807) is 12.1 Å². The third-order valence-electron chi connectivity index (χ3n) is 3.06. The van der Waals surface area contributed by atoms with E-state index >= 15 is 0 Å². The van der Waals surface area contributed by atoms with Gasteiger partial charge >= 0.3 is 0 Å². The Balaban J connectivity index is 2.35. The van der Waals surface area contributed by atoms with E-state index in [0.717, 1.165) is 0 Å². The van der Waals surface area contributed by atoms with Crippen LogP contribution in [0.5, 0.6) is 0 Å². The van der Waals surface area contributed by atoms with Gasteiger partial charge in [-0.25, -0.2) is 4.68 Å². The van der Waals surface area contributed by atoms with Crippen LogP contribution < -0.4 is 0 Å². The van der Waals surface area contributed by atoms with Gasteiger partial charge in [0.05, 0.1) is 16.1 Å². The normalized spacial score (nSPS) is 10.7. The fourth-order valence-electron chi connectivity index (χ4n) is 2.13. The number of hydrogen-bond donors (Lipinski definition) is 0. The van der Waals surface area contributed by atoms with E-state index < -0.39 is 10.2 Å². The lowest BCUT2D eigenvalue weighted by Crippen LogP contribution is -1.98. The van der Waals surface area contributed by atoms with Crippen molar-refractivity contribution >= 4 is 33.4 Å². The maximum atomic E-state index is 11.5. The van der Waals surface area contributed by atoms with Gasteiger partial charge in [0.25, 0.3) is 10.9 Å². The Bertz CT molecular complexity index is 859. The van der Waals surface area contributed by atoms with Crippen LogP contribution in [0.4, 0.5) is 5.69 Å². The molecule has 2 aromatic carbocycles. The summed E-state index contributed by atoms with van der Waals surface area (Å²) in [6, 6.07) is 13.2. The molecule has 0 aliphatic carbocycles. The summed E-state index contributed by atoms with van der Waals surface area (Å²) >= 11 is 5.54. The number of nitrogens with zero attached hydrogens (tertiary/aromatic N) is 3. The molecule has 1 aromatic heterocycles. The number of carbonyl (C=O) groups is 1. The zero-order valence-electron chi connectivity index (χ0n) is 10.6. The second-order valence-electron chi connectivity index (χ2n) is 4.33. The van der Waals surface area contributed by atoms with E-state index in [-0.39, 0.29) is 11.4 Å². The maximum absolute atomic E-state index is 11.5. The van der Waals surface area contributed by atoms with Crippen molar-refractivity contribution in [3.05, 3.63) is 64.3 Å². The van der Waals surface area contributed by atoms with E-state index in [4.69, 9.17) is 11.6 Å². The van der Waals surface area contributed by atoms with Crippen LogP contribution in [0.1, 0.15) is 10.5 Å². The fraction of sp³-hybridized carbons (Fsp3) is 0. The SMILES string of the molecule is O=C(Cl)c1nn(-c2ccccc2)c2cc([N+](=O)[O-])ccc12. The summed E-state index contributed by atoms with van der Waals surface area (Å²) in [5, 5.41) is 14.9. The lowest BCUT2D eigenvalue weighted by Gasteiger charge is -2.02. The topological polar surface area (TPSA) is 78.0 Å². The van der Waals surface area contributed by atoms with Gasteiger partial charge < -0.3 is 0 Å². The largest absolute Gasteiger partial charge is 0.274 e. The predicted molar refractivity (Wildman–Crippen MR) is 77.9 cm³/mol. The molecule has 0 spiro atoms. The molecule has 0 amide bonds. The highest BCUT2D eigenvalue weighted by Gasteiger charge is 2.19. The van der Waals surface area contributed by atoms with Crippen molar-refractivity contribution in [1.82, 2.24) is 9.78 Å². The third-order valence-corrected chi connectivity index (χ3v) is 3.24. The highest BCUT2D eigenvalue weighted by atomic mass is 35.5. The molecule has 0 aliphatic rings. The minimum Gasteiger partial charge on any atom is -0.274 e. The average Bonchev–Trinajstić information content (AvgIpc) is 2.87. The number of nitro benzene ring substituents is 1. The van der Waals surface area contributed by atoms with Crippen LogP contribution in [0.3, 0.4) is 0 Å². The molecule has 0 aliphatic heterocycles. The predicted octanol–water partition coefficient (Wildman–Crippen LogP) is 3.31. The van der Waals surface area contributed by atoms with Crippen LogP contribution in [0.15, 0.2) is 48.5 Å². The van der Waals surface area contributed by atoms with Gasteiger partial charge in [0.15, 0.2) is 5.69 Å². The molecule has 3 rings (SSSR count). The second kappa shape index (κ2) is 4.99. The first kappa shape index (κ1) is 13.3. The first-order valence-electron chi connectivity index (χ1n) is 6.00. The number of rotatable bonds is 3. The molecule has 0 saturated heterocycles. The smallest absolute Gasteiger partial charge is 0.273 e. The molecule has 1 heterocycles. The van der Waals surface area contributed by atoms with E-state index in [1.165, 1.54) is 22.9 Å². The van der Waals surface area contributed by atoms with Crippen molar-refractivity contribution < 1.29 is 9.72 Å². The minimum atomic E-state index is -0.705. The Hall–Kier alpha value is -2.73. The Morgan fingerprint density at radius 1 is 1.19 bits per heavy atom. The van der Waals surface area contributed by atoms with Crippen molar-refractivity contribution in [2.45, 2.75) is 0 Å². The van der Waals surface area contributed by atoms with Gasteiger partial charge in [-0.3, -0.25) is 14.9 Å². The van der Waals surface area contributed by atoms with Crippen LogP contribution in [0.2, 0.25) is 0 Å². The number of aromatic nitrogens is 2. The number of benzene rings is 2. The molecule has 0 N–H and O–H groups in total. The molecule has 0 bridgehead atoms. The zero-order chi connectivity index (χ0) is 15.0. The average molecular weight is 302 g/mol. The highest BCUT2D eigenvalue weighted by Crippen LogP contribution is 2.27. The van der Waals surface area contributed by atoms with Gasteiger partial charge in [-0.05, 0) is 29.8 Å². The number of nitro groups is 1. The van der Waals surface area contributed by atoms with Gasteiger partial charge in [-0.15, -0.1) is 0 Å². The molecule has 0 fully saturated rings. The standard InChI is InChI=1S/C14H8ClN3O3/c15-14(19)13-11-7-6-10(18(20)21)8-12(11)17(16-13)9-4-2-1-3-5-9/h1-8H. The lowest BCUT2D eigenvalue weighted by atomic mass is 10.2. The first-order chi connectivity index (χ1) is 10.1.